The molecule has 0 saturated heterocycles. The second-order valence-corrected chi connectivity index (χ2v) is 6.66. The largest absolute Gasteiger partial charge is 0.386 e. The van der Waals surface area contributed by atoms with Crippen molar-refractivity contribution >= 4 is 5.78 Å². The Hall–Kier alpha value is -0.630. The minimum Gasteiger partial charge on any atom is -0.386 e. The molecule has 0 radical (unpaired) electrons. The van der Waals surface area contributed by atoms with Gasteiger partial charge in [-0.25, -0.2) is 0 Å². The standard InChI is InChI=1S/C15H24O2/c1-10-5-6-13(16)15(4)8-7-11(9-12(10)15)14(2,3)17/h7,10,12,17H,5-6,8-9H2,1-4H3/t10-,12+,15-/m0/s1. The van der Waals surface area contributed by atoms with E-state index in [9.17, 15) is 9.90 Å². The summed E-state index contributed by atoms with van der Waals surface area (Å²) in [6.07, 6.45) is 5.54. The van der Waals surface area contributed by atoms with Crippen LogP contribution in [0.1, 0.15) is 53.4 Å². The minimum atomic E-state index is -0.735. The lowest BCUT2D eigenvalue weighted by Gasteiger charge is -2.47. The molecule has 2 nitrogen and oxygen atoms in total. The van der Waals surface area contributed by atoms with Gasteiger partial charge >= 0.3 is 0 Å². The van der Waals surface area contributed by atoms with Gasteiger partial charge in [0.05, 0.1) is 5.60 Å². The molecule has 0 aromatic rings. The van der Waals surface area contributed by atoms with Crippen molar-refractivity contribution in [1.29, 1.82) is 0 Å². The average Bonchev–Trinajstić information content (AvgIpc) is 2.22. The number of aliphatic hydroxyl groups is 1. The summed E-state index contributed by atoms with van der Waals surface area (Å²) in [5.74, 6) is 1.42. The number of hydrogen-bond donors (Lipinski definition) is 1. The number of fused-ring (bicyclic) bond motifs is 1. The topological polar surface area (TPSA) is 37.3 Å². The summed E-state index contributed by atoms with van der Waals surface area (Å²) < 4.78 is 0. The van der Waals surface area contributed by atoms with Gasteiger partial charge in [-0.05, 0) is 50.5 Å². The van der Waals surface area contributed by atoms with Gasteiger partial charge in [0.25, 0.3) is 0 Å². The van der Waals surface area contributed by atoms with Crippen LogP contribution < -0.4 is 0 Å². The van der Waals surface area contributed by atoms with E-state index in [2.05, 4.69) is 19.9 Å². The molecule has 1 N–H and O–H groups in total. The molecule has 0 aromatic carbocycles. The zero-order valence-electron chi connectivity index (χ0n) is 11.4. The Morgan fingerprint density at radius 3 is 2.71 bits per heavy atom. The number of carbonyl (C=O) groups is 1. The van der Waals surface area contributed by atoms with E-state index in [0.29, 0.717) is 17.6 Å². The van der Waals surface area contributed by atoms with Gasteiger partial charge in [-0.15, -0.1) is 0 Å². The normalized spacial score (nSPS) is 38.6. The SMILES string of the molecule is C[C@H]1CCC(=O)[C@@]2(C)CC=C(C(C)(C)O)C[C@H]12. The van der Waals surface area contributed by atoms with Gasteiger partial charge in [-0.3, -0.25) is 4.79 Å². The zero-order valence-corrected chi connectivity index (χ0v) is 11.4. The Morgan fingerprint density at radius 1 is 1.47 bits per heavy atom. The first-order valence-corrected chi connectivity index (χ1v) is 6.70. The summed E-state index contributed by atoms with van der Waals surface area (Å²) in [5, 5.41) is 10.1. The van der Waals surface area contributed by atoms with Crippen LogP contribution >= 0.6 is 0 Å². The fraction of sp³-hybridized carbons (Fsp3) is 0.800. The van der Waals surface area contributed by atoms with Crippen molar-refractivity contribution in [2.75, 3.05) is 0 Å². The molecule has 0 aliphatic heterocycles. The van der Waals surface area contributed by atoms with Gasteiger partial charge in [-0.1, -0.05) is 19.9 Å². The molecule has 2 rings (SSSR count). The number of Topliss-reactive ketones (excluding diaryl/α,β-unsaturated/α-hetero) is 1. The number of rotatable bonds is 1. The third-order valence-corrected chi connectivity index (χ3v) is 4.97. The van der Waals surface area contributed by atoms with E-state index in [1.807, 2.05) is 13.8 Å². The molecule has 0 amide bonds. The number of carbonyl (C=O) groups excluding carboxylic acids is 1. The molecule has 0 aromatic heterocycles. The second kappa shape index (κ2) is 3.94. The summed E-state index contributed by atoms with van der Waals surface area (Å²) >= 11 is 0. The molecule has 1 saturated carbocycles. The molecule has 2 heteroatoms. The van der Waals surface area contributed by atoms with E-state index in [-0.39, 0.29) is 5.41 Å². The summed E-state index contributed by atoms with van der Waals surface area (Å²) in [5.41, 5.74) is 0.204. The predicted octanol–water partition coefficient (Wildman–Crippen LogP) is 3.10. The van der Waals surface area contributed by atoms with Crippen molar-refractivity contribution in [2.24, 2.45) is 17.3 Å². The molecule has 0 heterocycles. The maximum absolute atomic E-state index is 12.2. The van der Waals surface area contributed by atoms with Gasteiger partial charge in [0.2, 0.25) is 0 Å². The Bertz CT molecular complexity index is 362. The van der Waals surface area contributed by atoms with Crippen LogP contribution in [0.3, 0.4) is 0 Å². The van der Waals surface area contributed by atoms with Crippen LogP contribution in [0.25, 0.3) is 0 Å². The highest BCUT2D eigenvalue weighted by atomic mass is 16.3. The van der Waals surface area contributed by atoms with Crippen LogP contribution in [0.2, 0.25) is 0 Å². The number of ketones is 1. The lowest BCUT2D eigenvalue weighted by Crippen LogP contribution is -2.46. The predicted molar refractivity (Wildman–Crippen MR) is 68.6 cm³/mol. The molecule has 2 aliphatic rings. The van der Waals surface area contributed by atoms with E-state index in [0.717, 1.165) is 31.3 Å². The Labute approximate surface area is 104 Å². The Kier molecular flexibility index (Phi) is 2.97. The van der Waals surface area contributed by atoms with Crippen LogP contribution in [0.15, 0.2) is 11.6 Å². The molecule has 0 unspecified atom stereocenters. The van der Waals surface area contributed by atoms with Gasteiger partial charge < -0.3 is 5.11 Å². The first-order valence-electron chi connectivity index (χ1n) is 6.70. The fourth-order valence-electron chi connectivity index (χ4n) is 3.53. The highest BCUT2D eigenvalue weighted by molar-refractivity contribution is 5.86. The monoisotopic (exact) mass is 236 g/mol. The average molecular weight is 236 g/mol. The smallest absolute Gasteiger partial charge is 0.139 e. The first-order chi connectivity index (χ1) is 7.75. The van der Waals surface area contributed by atoms with Crippen LogP contribution in [0, 0.1) is 17.3 Å². The van der Waals surface area contributed by atoms with E-state index in [1.54, 1.807) is 0 Å². The summed E-state index contributed by atoms with van der Waals surface area (Å²) in [6.45, 7) is 8.06. The molecule has 3 atom stereocenters. The van der Waals surface area contributed by atoms with E-state index >= 15 is 0 Å². The van der Waals surface area contributed by atoms with Crippen LogP contribution in [0.5, 0.6) is 0 Å². The highest BCUT2D eigenvalue weighted by Crippen LogP contribution is 2.51. The zero-order chi connectivity index (χ0) is 12.8. The van der Waals surface area contributed by atoms with Gasteiger partial charge in [0.1, 0.15) is 5.78 Å². The molecule has 17 heavy (non-hydrogen) atoms. The van der Waals surface area contributed by atoms with Gasteiger partial charge in [0.15, 0.2) is 0 Å². The molecular weight excluding hydrogens is 212 g/mol. The maximum atomic E-state index is 12.2. The molecular formula is C15H24O2. The summed E-state index contributed by atoms with van der Waals surface area (Å²) in [7, 11) is 0. The minimum absolute atomic E-state index is 0.174. The van der Waals surface area contributed by atoms with E-state index < -0.39 is 5.60 Å². The van der Waals surface area contributed by atoms with Crippen LogP contribution in [0.4, 0.5) is 0 Å². The fourth-order valence-corrected chi connectivity index (χ4v) is 3.53. The van der Waals surface area contributed by atoms with E-state index in [1.165, 1.54) is 0 Å². The van der Waals surface area contributed by atoms with E-state index in [4.69, 9.17) is 0 Å². The van der Waals surface area contributed by atoms with Gasteiger partial charge in [-0.2, -0.15) is 0 Å². The number of hydrogen-bond acceptors (Lipinski definition) is 2. The second-order valence-electron chi connectivity index (χ2n) is 6.66. The summed E-state index contributed by atoms with van der Waals surface area (Å²) in [4.78, 5) is 12.2. The lowest BCUT2D eigenvalue weighted by atomic mass is 9.56. The Morgan fingerprint density at radius 2 is 2.12 bits per heavy atom. The highest BCUT2D eigenvalue weighted by Gasteiger charge is 2.48. The van der Waals surface area contributed by atoms with Crippen molar-refractivity contribution in [1.82, 2.24) is 0 Å². The third-order valence-electron chi connectivity index (χ3n) is 4.97. The molecule has 0 spiro atoms. The lowest BCUT2D eigenvalue weighted by molar-refractivity contribution is -0.137. The number of allylic oxidation sites excluding steroid dienone is 1. The molecule has 2 aliphatic carbocycles. The maximum Gasteiger partial charge on any atom is 0.139 e. The van der Waals surface area contributed by atoms with Crippen LogP contribution in [-0.2, 0) is 4.79 Å². The Balaban J connectivity index is 2.32. The van der Waals surface area contributed by atoms with Crippen LogP contribution in [-0.4, -0.2) is 16.5 Å². The van der Waals surface area contributed by atoms with Crippen molar-refractivity contribution < 1.29 is 9.90 Å². The van der Waals surface area contributed by atoms with Gasteiger partial charge in [0, 0.05) is 11.8 Å². The van der Waals surface area contributed by atoms with Crippen molar-refractivity contribution in [3.8, 4) is 0 Å². The molecule has 1 fully saturated rings. The molecule has 96 valence electrons. The quantitative estimate of drug-likeness (QED) is 0.710. The molecule has 0 bridgehead atoms. The first kappa shape index (κ1) is 12.8. The van der Waals surface area contributed by atoms with Crippen molar-refractivity contribution in [2.45, 2.75) is 59.0 Å². The third kappa shape index (κ3) is 2.08. The summed E-state index contributed by atoms with van der Waals surface area (Å²) in [6, 6.07) is 0. The van der Waals surface area contributed by atoms with Crippen molar-refractivity contribution in [3.63, 3.8) is 0 Å². The van der Waals surface area contributed by atoms with Crippen molar-refractivity contribution in [3.05, 3.63) is 11.6 Å².